The molecule has 6 heteroatoms. The first-order chi connectivity index (χ1) is 8.13. The van der Waals surface area contributed by atoms with E-state index in [1.165, 1.54) is 6.07 Å². The molecule has 1 aromatic rings. The minimum absolute atomic E-state index is 0.0267. The summed E-state index contributed by atoms with van der Waals surface area (Å²) in [6, 6.07) is 3.00. The van der Waals surface area contributed by atoms with E-state index in [1.807, 2.05) is 0 Å². The molecular weight excluding hydrogens is 230 g/mol. The number of rotatable bonds is 6. The summed E-state index contributed by atoms with van der Waals surface area (Å²) in [7, 11) is 0. The molecule has 0 bridgehead atoms. The van der Waals surface area contributed by atoms with Crippen molar-refractivity contribution in [1.29, 1.82) is 0 Å². The van der Waals surface area contributed by atoms with Gasteiger partial charge < -0.3 is 15.8 Å². The number of carbonyl (C=O) groups excluding carboxylic acids is 1. The van der Waals surface area contributed by atoms with E-state index in [0.717, 1.165) is 12.1 Å². The second-order valence-corrected chi connectivity index (χ2v) is 3.31. The smallest absolute Gasteiger partial charge is 0.223 e. The zero-order chi connectivity index (χ0) is 12.7. The van der Waals surface area contributed by atoms with Crippen molar-refractivity contribution >= 4 is 5.91 Å². The van der Waals surface area contributed by atoms with Gasteiger partial charge in [-0.2, -0.15) is 0 Å². The van der Waals surface area contributed by atoms with Crippen LogP contribution in [0, 0.1) is 11.6 Å². The molecule has 0 unspecified atom stereocenters. The van der Waals surface area contributed by atoms with Crippen LogP contribution in [0.25, 0.3) is 0 Å². The third-order valence-corrected chi connectivity index (χ3v) is 1.95. The van der Waals surface area contributed by atoms with E-state index in [9.17, 15) is 13.6 Å². The van der Waals surface area contributed by atoms with E-state index in [0.29, 0.717) is 13.1 Å². The van der Waals surface area contributed by atoms with E-state index in [2.05, 4.69) is 5.32 Å². The first kappa shape index (κ1) is 13.4. The number of hydrogen-bond donors (Lipinski definition) is 2. The minimum atomic E-state index is -0.785. The number of benzene rings is 1. The number of halogens is 2. The Morgan fingerprint density at radius 1 is 1.41 bits per heavy atom. The Morgan fingerprint density at radius 2 is 2.18 bits per heavy atom. The van der Waals surface area contributed by atoms with Crippen LogP contribution >= 0.6 is 0 Å². The maximum absolute atomic E-state index is 13.1. The van der Waals surface area contributed by atoms with E-state index >= 15 is 0 Å². The molecule has 1 amide bonds. The van der Waals surface area contributed by atoms with Crippen molar-refractivity contribution < 1.29 is 18.3 Å². The van der Waals surface area contributed by atoms with Crippen LogP contribution in [0.3, 0.4) is 0 Å². The van der Waals surface area contributed by atoms with Crippen molar-refractivity contribution in [3.05, 3.63) is 29.8 Å². The number of carbonyl (C=O) groups is 1. The fraction of sp³-hybridized carbons (Fsp3) is 0.364. The molecule has 0 atom stereocenters. The number of ether oxygens (including phenoxy) is 1. The van der Waals surface area contributed by atoms with Crippen LogP contribution in [-0.2, 0) is 4.79 Å². The Hall–Kier alpha value is -1.69. The van der Waals surface area contributed by atoms with Gasteiger partial charge in [0, 0.05) is 19.2 Å². The Balaban J connectivity index is 2.33. The highest BCUT2D eigenvalue weighted by molar-refractivity contribution is 5.75. The van der Waals surface area contributed by atoms with Gasteiger partial charge in [-0.25, -0.2) is 8.78 Å². The number of hydrogen-bond acceptors (Lipinski definition) is 3. The number of amides is 1. The predicted octanol–water partition coefficient (Wildman–Crippen LogP) is 0.809. The van der Waals surface area contributed by atoms with Crippen LogP contribution in [0.4, 0.5) is 8.78 Å². The molecule has 0 fully saturated rings. The summed E-state index contributed by atoms with van der Waals surface area (Å²) >= 11 is 0. The molecule has 0 aliphatic carbocycles. The Bertz CT molecular complexity index is 386. The topological polar surface area (TPSA) is 64.3 Å². The average molecular weight is 244 g/mol. The molecule has 4 nitrogen and oxygen atoms in total. The van der Waals surface area contributed by atoms with Gasteiger partial charge in [0.25, 0.3) is 0 Å². The molecule has 0 aromatic heterocycles. The van der Waals surface area contributed by atoms with Crippen LogP contribution < -0.4 is 15.8 Å². The van der Waals surface area contributed by atoms with Crippen LogP contribution in [0.5, 0.6) is 5.75 Å². The van der Waals surface area contributed by atoms with E-state index in [1.54, 1.807) is 0 Å². The van der Waals surface area contributed by atoms with Crippen LogP contribution in [0.15, 0.2) is 18.2 Å². The largest absolute Gasteiger partial charge is 0.490 e. The highest BCUT2D eigenvalue weighted by atomic mass is 19.1. The monoisotopic (exact) mass is 244 g/mol. The van der Waals surface area contributed by atoms with Gasteiger partial charge in [-0.05, 0) is 12.1 Å². The van der Waals surface area contributed by atoms with Crippen molar-refractivity contribution in [2.75, 3.05) is 19.7 Å². The van der Waals surface area contributed by atoms with Crippen LogP contribution in [0.1, 0.15) is 6.42 Å². The van der Waals surface area contributed by atoms with Crippen molar-refractivity contribution in [1.82, 2.24) is 5.32 Å². The van der Waals surface area contributed by atoms with Crippen molar-refractivity contribution in [2.45, 2.75) is 6.42 Å². The van der Waals surface area contributed by atoms with Crippen molar-refractivity contribution in [3.63, 3.8) is 0 Å². The standard InChI is InChI=1S/C11H14F2N2O2/c12-8-1-2-10(9(13)7-8)17-6-3-11(16)15-5-4-14/h1-2,7H,3-6,14H2,(H,15,16). The summed E-state index contributed by atoms with van der Waals surface area (Å²) in [5.74, 6) is -1.75. The van der Waals surface area contributed by atoms with Crippen LogP contribution in [-0.4, -0.2) is 25.6 Å². The van der Waals surface area contributed by atoms with Gasteiger partial charge in [-0.3, -0.25) is 4.79 Å². The predicted molar refractivity (Wildman–Crippen MR) is 58.5 cm³/mol. The van der Waals surface area contributed by atoms with Gasteiger partial charge in [0.1, 0.15) is 5.82 Å². The molecule has 94 valence electrons. The first-order valence-electron chi connectivity index (χ1n) is 5.18. The summed E-state index contributed by atoms with van der Waals surface area (Å²) in [6.07, 6.45) is 0.0941. The molecule has 1 rings (SSSR count). The molecule has 3 N–H and O–H groups in total. The summed E-state index contributed by atoms with van der Waals surface area (Å²) in [5.41, 5.74) is 5.20. The van der Waals surface area contributed by atoms with E-state index in [-0.39, 0.29) is 24.7 Å². The van der Waals surface area contributed by atoms with E-state index in [4.69, 9.17) is 10.5 Å². The third-order valence-electron chi connectivity index (χ3n) is 1.95. The third kappa shape index (κ3) is 4.78. The second-order valence-electron chi connectivity index (χ2n) is 3.31. The molecule has 0 spiro atoms. The van der Waals surface area contributed by atoms with Gasteiger partial charge in [0.05, 0.1) is 13.0 Å². The molecular formula is C11H14F2N2O2. The molecule has 0 saturated heterocycles. The highest BCUT2D eigenvalue weighted by Crippen LogP contribution is 2.17. The number of nitrogens with one attached hydrogen (secondary N) is 1. The maximum Gasteiger partial charge on any atom is 0.223 e. The molecule has 1 aromatic carbocycles. The summed E-state index contributed by atoms with van der Waals surface area (Å²) < 4.78 is 30.7. The van der Waals surface area contributed by atoms with Gasteiger partial charge in [0.15, 0.2) is 11.6 Å². The lowest BCUT2D eigenvalue weighted by Crippen LogP contribution is -2.29. The molecule has 0 radical (unpaired) electrons. The lowest BCUT2D eigenvalue weighted by molar-refractivity contribution is -0.121. The maximum atomic E-state index is 13.1. The lowest BCUT2D eigenvalue weighted by atomic mass is 10.3. The zero-order valence-electron chi connectivity index (χ0n) is 9.21. The molecule has 0 aliphatic rings. The molecule has 17 heavy (non-hydrogen) atoms. The summed E-state index contributed by atoms with van der Waals surface area (Å²) in [4.78, 5) is 11.1. The SMILES string of the molecule is NCCNC(=O)CCOc1ccc(F)cc1F. The summed E-state index contributed by atoms with van der Waals surface area (Å²) in [6.45, 7) is 0.780. The average Bonchev–Trinajstić information content (AvgIpc) is 2.29. The Morgan fingerprint density at radius 3 is 2.82 bits per heavy atom. The number of nitrogens with two attached hydrogens (primary N) is 1. The van der Waals surface area contributed by atoms with Gasteiger partial charge in [-0.15, -0.1) is 0 Å². The zero-order valence-corrected chi connectivity index (χ0v) is 9.21. The van der Waals surface area contributed by atoms with Crippen LogP contribution in [0.2, 0.25) is 0 Å². The lowest BCUT2D eigenvalue weighted by Gasteiger charge is -2.07. The fourth-order valence-corrected chi connectivity index (χ4v) is 1.15. The highest BCUT2D eigenvalue weighted by Gasteiger charge is 2.06. The minimum Gasteiger partial charge on any atom is -0.490 e. The van der Waals surface area contributed by atoms with Gasteiger partial charge >= 0.3 is 0 Å². The molecule has 0 saturated carbocycles. The van der Waals surface area contributed by atoms with E-state index < -0.39 is 11.6 Å². The Labute approximate surface area is 97.8 Å². The normalized spacial score (nSPS) is 10.1. The first-order valence-corrected chi connectivity index (χ1v) is 5.18. The van der Waals surface area contributed by atoms with Crippen molar-refractivity contribution in [2.24, 2.45) is 5.73 Å². The Kier molecular flexibility index (Phi) is 5.35. The van der Waals surface area contributed by atoms with Gasteiger partial charge in [0.2, 0.25) is 5.91 Å². The molecule has 0 heterocycles. The fourth-order valence-electron chi connectivity index (χ4n) is 1.15. The second kappa shape index (κ2) is 6.80. The van der Waals surface area contributed by atoms with Gasteiger partial charge in [-0.1, -0.05) is 0 Å². The van der Waals surface area contributed by atoms with Crippen molar-refractivity contribution in [3.8, 4) is 5.75 Å². The molecule has 0 aliphatic heterocycles. The summed E-state index contributed by atoms with van der Waals surface area (Å²) in [5, 5.41) is 2.54. The quantitative estimate of drug-likeness (QED) is 0.778.